The van der Waals surface area contributed by atoms with E-state index in [2.05, 4.69) is 10.6 Å². The second-order valence-electron chi connectivity index (χ2n) is 5.68. The molecule has 2 heterocycles. The number of para-hydroxylation sites is 1. The number of hydrogen-bond acceptors (Lipinski definition) is 4. The van der Waals surface area contributed by atoms with E-state index in [-0.39, 0.29) is 17.9 Å². The zero-order valence-electron chi connectivity index (χ0n) is 13.0. The van der Waals surface area contributed by atoms with Gasteiger partial charge in [0.1, 0.15) is 5.76 Å². The van der Waals surface area contributed by atoms with Crippen LogP contribution in [0.25, 0.3) is 11.0 Å². The van der Waals surface area contributed by atoms with Crippen molar-refractivity contribution >= 4 is 16.9 Å². The van der Waals surface area contributed by atoms with E-state index in [9.17, 15) is 4.79 Å². The normalized spacial score (nSPS) is 19.3. The molecule has 22 heavy (non-hydrogen) atoms. The molecule has 1 amide bonds. The van der Waals surface area contributed by atoms with Crippen LogP contribution in [0, 0.1) is 5.92 Å². The lowest BCUT2D eigenvalue weighted by Crippen LogP contribution is -2.33. The van der Waals surface area contributed by atoms with Crippen molar-refractivity contribution in [2.75, 3.05) is 19.7 Å². The summed E-state index contributed by atoms with van der Waals surface area (Å²) >= 11 is 0. The highest BCUT2D eigenvalue weighted by atomic mass is 16.5. The Morgan fingerprint density at radius 3 is 3.14 bits per heavy atom. The highest BCUT2D eigenvalue weighted by Gasteiger charge is 2.24. The third kappa shape index (κ3) is 2.95. The number of rotatable bonds is 5. The molecule has 1 fully saturated rings. The summed E-state index contributed by atoms with van der Waals surface area (Å²) in [5.41, 5.74) is 0.739. The zero-order valence-corrected chi connectivity index (χ0v) is 13.0. The molecule has 2 N–H and O–H groups in total. The summed E-state index contributed by atoms with van der Waals surface area (Å²) in [7, 11) is 0. The molecule has 2 aromatic rings. The van der Waals surface area contributed by atoms with Crippen molar-refractivity contribution in [3.63, 3.8) is 0 Å². The molecule has 0 radical (unpaired) electrons. The van der Waals surface area contributed by atoms with Crippen LogP contribution in [-0.2, 0) is 4.79 Å². The van der Waals surface area contributed by atoms with Gasteiger partial charge in [-0.25, -0.2) is 0 Å². The molecule has 0 saturated carbocycles. The van der Waals surface area contributed by atoms with Gasteiger partial charge in [0.15, 0.2) is 11.3 Å². The van der Waals surface area contributed by atoms with Gasteiger partial charge in [-0.3, -0.25) is 4.79 Å². The van der Waals surface area contributed by atoms with E-state index >= 15 is 0 Å². The smallest absolute Gasteiger partial charge is 0.225 e. The number of ether oxygens (including phenoxy) is 1. The maximum Gasteiger partial charge on any atom is 0.225 e. The van der Waals surface area contributed by atoms with Gasteiger partial charge in [0, 0.05) is 11.9 Å². The van der Waals surface area contributed by atoms with Crippen molar-refractivity contribution in [2.24, 2.45) is 5.92 Å². The minimum Gasteiger partial charge on any atom is -0.490 e. The molecule has 1 aliphatic heterocycles. The number of benzene rings is 1. The van der Waals surface area contributed by atoms with Crippen molar-refractivity contribution in [3.8, 4) is 5.75 Å². The lowest BCUT2D eigenvalue weighted by molar-refractivity contribution is -0.125. The molecule has 3 rings (SSSR count). The van der Waals surface area contributed by atoms with Crippen LogP contribution in [0.1, 0.15) is 32.1 Å². The third-order valence-corrected chi connectivity index (χ3v) is 4.04. The fourth-order valence-corrected chi connectivity index (χ4v) is 2.82. The number of fused-ring (bicyclic) bond motifs is 1. The average molecular weight is 302 g/mol. The summed E-state index contributed by atoms with van der Waals surface area (Å²) in [6, 6.07) is 7.64. The predicted molar refractivity (Wildman–Crippen MR) is 84.9 cm³/mol. The van der Waals surface area contributed by atoms with Crippen LogP contribution < -0.4 is 15.4 Å². The molecule has 2 unspecified atom stereocenters. The van der Waals surface area contributed by atoms with Gasteiger partial charge in [0.25, 0.3) is 0 Å². The van der Waals surface area contributed by atoms with E-state index in [4.69, 9.17) is 9.15 Å². The molecule has 0 aliphatic carbocycles. The first-order valence-electron chi connectivity index (χ1n) is 7.85. The Morgan fingerprint density at radius 1 is 1.55 bits per heavy atom. The van der Waals surface area contributed by atoms with Gasteiger partial charge in [-0.15, -0.1) is 0 Å². The van der Waals surface area contributed by atoms with E-state index in [1.54, 1.807) is 0 Å². The van der Waals surface area contributed by atoms with Crippen LogP contribution in [0.15, 0.2) is 28.7 Å². The fourth-order valence-electron chi connectivity index (χ4n) is 2.82. The largest absolute Gasteiger partial charge is 0.490 e. The molecule has 0 spiro atoms. The van der Waals surface area contributed by atoms with Gasteiger partial charge >= 0.3 is 0 Å². The maximum atomic E-state index is 12.2. The van der Waals surface area contributed by atoms with E-state index < -0.39 is 0 Å². The topological polar surface area (TPSA) is 63.5 Å². The first-order chi connectivity index (χ1) is 10.7. The number of nitrogens with one attached hydrogen (secondary N) is 2. The highest BCUT2D eigenvalue weighted by Crippen LogP contribution is 2.31. The molecular formula is C17H22N2O3. The van der Waals surface area contributed by atoms with Crippen LogP contribution in [0.3, 0.4) is 0 Å². The van der Waals surface area contributed by atoms with Gasteiger partial charge in [-0.2, -0.15) is 0 Å². The molecule has 5 nitrogen and oxygen atoms in total. The second-order valence-corrected chi connectivity index (χ2v) is 5.68. The van der Waals surface area contributed by atoms with Gasteiger partial charge in [0.05, 0.1) is 18.6 Å². The fraction of sp³-hybridized carbons (Fsp3) is 0.471. The summed E-state index contributed by atoms with van der Waals surface area (Å²) < 4.78 is 11.5. The summed E-state index contributed by atoms with van der Waals surface area (Å²) in [5.74, 6) is 1.64. The van der Waals surface area contributed by atoms with Crippen molar-refractivity contribution in [1.29, 1.82) is 0 Å². The number of carbonyl (C=O) groups is 1. The summed E-state index contributed by atoms with van der Waals surface area (Å²) in [4.78, 5) is 12.2. The summed E-state index contributed by atoms with van der Waals surface area (Å²) in [6.07, 6.45) is 0.896. The van der Waals surface area contributed by atoms with Crippen molar-refractivity contribution in [3.05, 3.63) is 30.0 Å². The molecular weight excluding hydrogens is 280 g/mol. The first kappa shape index (κ1) is 14.9. The molecule has 0 bridgehead atoms. The maximum absolute atomic E-state index is 12.2. The van der Waals surface area contributed by atoms with Gasteiger partial charge < -0.3 is 19.8 Å². The van der Waals surface area contributed by atoms with E-state index in [1.807, 2.05) is 38.1 Å². The Kier molecular flexibility index (Phi) is 4.34. The zero-order chi connectivity index (χ0) is 15.5. The summed E-state index contributed by atoms with van der Waals surface area (Å²) in [6.45, 7) is 6.15. The Balaban J connectivity index is 1.77. The van der Waals surface area contributed by atoms with Gasteiger partial charge in [-0.1, -0.05) is 12.1 Å². The highest BCUT2D eigenvalue weighted by molar-refractivity contribution is 5.84. The molecule has 118 valence electrons. The molecule has 1 saturated heterocycles. The number of furan rings is 1. The monoisotopic (exact) mass is 302 g/mol. The molecule has 1 aliphatic rings. The number of carbonyl (C=O) groups excluding carboxylic acids is 1. The van der Waals surface area contributed by atoms with E-state index in [1.165, 1.54) is 0 Å². The average Bonchev–Trinajstić information content (AvgIpc) is 3.17. The van der Waals surface area contributed by atoms with E-state index in [0.29, 0.717) is 6.61 Å². The Labute approximate surface area is 130 Å². The quantitative estimate of drug-likeness (QED) is 0.891. The SMILES string of the molecule is CCOc1cccc2cc(C(C)NC(=O)C3CCNC3)oc12. The number of hydrogen-bond donors (Lipinski definition) is 2. The molecule has 1 aromatic carbocycles. The lowest BCUT2D eigenvalue weighted by atomic mass is 10.1. The second kappa shape index (κ2) is 6.40. The van der Waals surface area contributed by atoms with Crippen LogP contribution in [0.2, 0.25) is 0 Å². The van der Waals surface area contributed by atoms with Crippen LogP contribution in [-0.4, -0.2) is 25.6 Å². The minimum atomic E-state index is -0.157. The Bertz CT molecular complexity index is 659. The first-order valence-corrected chi connectivity index (χ1v) is 7.85. The van der Waals surface area contributed by atoms with Gasteiger partial charge in [0.2, 0.25) is 5.91 Å². The van der Waals surface area contributed by atoms with Crippen molar-refractivity contribution in [2.45, 2.75) is 26.3 Å². The molecule has 2 atom stereocenters. The van der Waals surface area contributed by atoms with Crippen LogP contribution in [0.4, 0.5) is 0 Å². The van der Waals surface area contributed by atoms with Crippen LogP contribution in [0.5, 0.6) is 5.75 Å². The van der Waals surface area contributed by atoms with Crippen molar-refractivity contribution in [1.82, 2.24) is 10.6 Å². The summed E-state index contributed by atoms with van der Waals surface area (Å²) in [5, 5.41) is 7.24. The number of amides is 1. The Morgan fingerprint density at radius 2 is 2.41 bits per heavy atom. The minimum absolute atomic E-state index is 0.0609. The lowest BCUT2D eigenvalue weighted by Gasteiger charge is -2.14. The van der Waals surface area contributed by atoms with Gasteiger partial charge in [-0.05, 0) is 38.9 Å². The van der Waals surface area contributed by atoms with Crippen LogP contribution >= 0.6 is 0 Å². The molecule has 5 heteroatoms. The third-order valence-electron chi connectivity index (χ3n) is 4.04. The predicted octanol–water partition coefficient (Wildman–Crippen LogP) is 2.62. The Hall–Kier alpha value is -2.01. The van der Waals surface area contributed by atoms with Crippen molar-refractivity contribution < 1.29 is 13.9 Å². The molecule has 1 aromatic heterocycles. The van der Waals surface area contributed by atoms with E-state index in [0.717, 1.165) is 42.0 Å². The standard InChI is InChI=1S/C17H22N2O3/c1-3-21-14-6-4-5-12-9-15(22-16(12)14)11(2)19-17(20)13-7-8-18-10-13/h4-6,9,11,13,18H,3,7-8,10H2,1-2H3,(H,19,20).